The number of aliphatic carboxylic acids is 1. The average molecular weight is 287 g/mol. The molecule has 1 aromatic carbocycles. The molecule has 6 nitrogen and oxygen atoms in total. The highest BCUT2D eigenvalue weighted by Gasteiger charge is 2.23. The molecule has 0 bridgehead atoms. The first-order valence-electron chi connectivity index (χ1n) is 5.48. The van der Waals surface area contributed by atoms with Crippen molar-refractivity contribution in [2.75, 3.05) is 26.0 Å². The summed E-state index contributed by atoms with van der Waals surface area (Å²) in [7, 11) is 2.99. The van der Waals surface area contributed by atoms with Gasteiger partial charge in [0, 0.05) is 24.8 Å². The van der Waals surface area contributed by atoms with E-state index in [1.807, 2.05) is 0 Å². The van der Waals surface area contributed by atoms with Gasteiger partial charge in [0.1, 0.15) is 6.54 Å². The van der Waals surface area contributed by atoms with Gasteiger partial charge >= 0.3 is 5.97 Å². The number of halogens is 1. The van der Waals surface area contributed by atoms with Crippen LogP contribution < -0.4 is 5.32 Å². The van der Waals surface area contributed by atoms with Crippen molar-refractivity contribution in [3.05, 3.63) is 28.8 Å². The van der Waals surface area contributed by atoms with Crippen LogP contribution in [0.25, 0.3) is 0 Å². The number of benzene rings is 1. The molecule has 1 atom stereocenters. The maximum absolute atomic E-state index is 11.8. The third-order valence-corrected chi connectivity index (χ3v) is 2.73. The smallest absolute Gasteiger partial charge is 0.323 e. The fourth-order valence-electron chi connectivity index (χ4n) is 1.55. The molecule has 0 saturated carbocycles. The number of rotatable bonds is 5. The van der Waals surface area contributed by atoms with Crippen LogP contribution in [-0.2, 0) is 9.59 Å². The van der Waals surface area contributed by atoms with Crippen molar-refractivity contribution in [2.45, 2.75) is 6.10 Å². The molecule has 7 heteroatoms. The summed E-state index contributed by atoms with van der Waals surface area (Å²) >= 11 is 5.87. The first-order chi connectivity index (χ1) is 8.85. The van der Waals surface area contributed by atoms with Crippen molar-refractivity contribution in [1.29, 1.82) is 0 Å². The quantitative estimate of drug-likeness (QED) is 0.750. The molecule has 1 aromatic rings. The van der Waals surface area contributed by atoms with E-state index < -0.39 is 24.5 Å². The number of carboxylic acid groups (broad SMARTS) is 1. The Balaban J connectivity index is 2.93. The second-order valence-corrected chi connectivity index (χ2v) is 4.45. The minimum Gasteiger partial charge on any atom is -0.480 e. The number of aliphatic hydroxyl groups is 1. The van der Waals surface area contributed by atoms with Gasteiger partial charge < -0.3 is 20.4 Å². The van der Waals surface area contributed by atoms with Gasteiger partial charge in [-0.2, -0.15) is 0 Å². The van der Waals surface area contributed by atoms with Crippen LogP contribution in [0, 0.1) is 0 Å². The fraction of sp³-hybridized carbons (Fsp3) is 0.333. The lowest BCUT2D eigenvalue weighted by molar-refractivity contribution is -0.147. The normalized spacial score (nSPS) is 11.8. The molecule has 1 unspecified atom stereocenters. The summed E-state index contributed by atoms with van der Waals surface area (Å²) in [6, 6.07) is 4.67. The molecule has 0 saturated heterocycles. The van der Waals surface area contributed by atoms with E-state index in [1.165, 1.54) is 13.1 Å². The van der Waals surface area contributed by atoms with Gasteiger partial charge in [0.05, 0.1) is 0 Å². The molecule has 3 N–H and O–H groups in total. The summed E-state index contributed by atoms with van der Waals surface area (Å²) in [5.41, 5.74) is 0.953. The van der Waals surface area contributed by atoms with Crippen molar-refractivity contribution in [2.24, 2.45) is 0 Å². The highest BCUT2D eigenvalue weighted by atomic mass is 35.5. The van der Waals surface area contributed by atoms with E-state index in [2.05, 4.69) is 5.32 Å². The molecule has 1 amide bonds. The zero-order valence-electron chi connectivity index (χ0n) is 10.6. The minimum atomic E-state index is -1.45. The number of nitrogens with zero attached hydrogens (tertiary/aromatic N) is 1. The Morgan fingerprint density at radius 1 is 1.42 bits per heavy atom. The number of anilines is 1. The molecular formula is C12H15ClN2O4. The number of aliphatic hydroxyl groups excluding tert-OH is 1. The van der Waals surface area contributed by atoms with Gasteiger partial charge in [0.2, 0.25) is 0 Å². The largest absolute Gasteiger partial charge is 0.480 e. The molecule has 0 heterocycles. The Bertz CT molecular complexity index is 493. The number of carbonyl (C=O) groups is 2. The third kappa shape index (κ3) is 4.11. The fourth-order valence-corrected chi connectivity index (χ4v) is 1.79. The molecule has 0 aliphatic rings. The summed E-state index contributed by atoms with van der Waals surface area (Å²) in [6.07, 6.45) is -1.45. The highest BCUT2D eigenvalue weighted by molar-refractivity contribution is 6.31. The second-order valence-electron chi connectivity index (χ2n) is 4.01. The van der Waals surface area contributed by atoms with E-state index in [-0.39, 0.29) is 0 Å². The number of hydrogen-bond acceptors (Lipinski definition) is 4. The molecule has 0 aromatic heterocycles. The topological polar surface area (TPSA) is 89.9 Å². The van der Waals surface area contributed by atoms with Crippen molar-refractivity contribution < 1.29 is 19.8 Å². The van der Waals surface area contributed by atoms with E-state index in [1.54, 1.807) is 19.2 Å². The van der Waals surface area contributed by atoms with Crippen LogP contribution in [0.1, 0.15) is 11.7 Å². The van der Waals surface area contributed by atoms with E-state index >= 15 is 0 Å². The van der Waals surface area contributed by atoms with Crippen LogP contribution in [0.5, 0.6) is 0 Å². The summed E-state index contributed by atoms with van der Waals surface area (Å²) in [4.78, 5) is 23.3. The maximum Gasteiger partial charge on any atom is 0.323 e. The van der Waals surface area contributed by atoms with Crippen LogP contribution in [0.3, 0.4) is 0 Å². The Morgan fingerprint density at radius 2 is 2.05 bits per heavy atom. The number of carbonyl (C=O) groups excluding carboxylic acids is 1. The average Bonchev–Trinajstić information content (AvgIpc) is 2.35. The highest BCUT2D eigenvalue weighted by Crippen LogP contribution is 2.24. The lowest BCUT2D eigenvalue weighted by Crippen LogP contribution is -2.35. The van der Waals surface area contributed by atoms with E-state index in [9.17, 15) is 14.7 Å². The van der Waals surface area contributed by atoms with Crippen LogP contribution in [-0.4, -0.2) is 47.6 Å². The molecule has 0 aliphatic carbocycles. The van der Waals surface area contributed by atoms with Crippen molar-refractivity contribution in [3.8, 4) is 0 Å². The zero-order valence-corrected chi connectivity index (χ0v) is 11.3. The first kappa shape index (κ1) is 15.3. The SMILES string of the molecule is CNc1cc(Cl)cc(C(O)C(=O)N(C)CC(=O)O)c1. The van der Waals surface area contributed by atoms with Gasteiger partial charge in [-0.15, -0.1) is 0 Å². The number of nitrogens with one attached hydrogen (secondary N) is 1. The maximum atomic E-state index is 11.8. The summed E-state index contributed by atoms with van der Waals surface area (Å²) in [6.45, 7) is -0.477. The van der Waals surface area contributed by atoms with Gasteiger partial charge in [-0.3, -0.25) is 9.59 Å². The standard InChI is InChI=1S/C12H15ClN2O4/c1-14-9-4-7(3-8(13)5-9)11(18)12(19)15(2)6-10(16)17/h3-5,11,14,18H,6H2,1-2H3,(H,16,17). The summed E-state index contributed by atoms with van der Waals surface area (Å²) in [5, 5.41) is 21.8. The molecule has 0 spiro atoms. The Morgan fingerprint density at radius 3 is 2.58 bits per heavy atom. The molecule has 1 rings (SSSR count). The zero-order chi connectivity index (χ0) is 14.6. The van der Waals surface area contributed by atoms with E-state index in [0.717, 1.165) is 4.90 Å². The number of hydrogen-bond donors (Lipinski definition) is 3. The molecular weight excluding hydrogens is 272 g/mol. The number of carboxylic acids is 1. The summed E-state index contributed by atoms with van der Waals surface area (Å²) in [5.74, 6) is -1.85. The Hall–Kier alpha value is -1.79. The van der Waals surface area contributed by atoms with Gasteiger partial charge in [0.15, 0.2) is 6.10 Å². The lowest BCUT2D eigenvalue weighted by atomic mass is 10.1. The second kappa shape index (κ2) is 6.40. The first-order valence-corrected chi connectivity index (χ1v) is 5.86. The van der Waals surface area contributed by atoms with Gasteiger partial charge in [-0.1, -0.05) is 11.6 Å². The lowest BCUT2D eigenvalue weighted by Gasteiger charge is -2.19. The van der Waals surface area contributed by atoms with E-state index in [4.69, 9.17) is 16.7 Å². The van der Waals surface area contributed by atoms with Crippen molar-refractivity contribution in [3.63, 3.8) is 0 Å². The van der Waals surface area contributed by atoms with E-state index in [0.29, 0.717) is 16.3 Å². The molecule has 19 heavy (non-hydrogen) atoms. The van der Waals surface area contributed by atoms with Crippen LogP contribution in [0.2, 0.25) is 5.02 Å². The third-order valence-electron chi connectivity index (χ3n) is 2.51. The predicted octanol–water partition coefficient (Wildman–Crippen LogP) is 0.958. The number of amides is 1. The molecule has 104 valence electrons. The molecule has 0 radical (unpaired) electrons. The predicted molar refractivity (Wildman–Crippen MR) is 71.2 cm³/mol. The molecule has 0 aliphatic heterocycles. The van der Waals surface area contributed by atoms with Crippen LogP contribution in [0.4, 0.5) is 5.69 Å². The van der Waals surface area contributed by atoms with Gasteiger partial charge in [0.25, 0.3) is 5.91 Å². The monoisotopic (exact) mass is 286 g/mol. The van der Waals surface area contributed by atoms with Gasteiger partial charge in [-0.25, -0.2) is 0 Å². The minimum absolute atomic E-state index is 0.305. The van der Waals surface area contributed by atoms with Crippen molar-refractivity contribution in [1.82, 2.24) is 4.90 Å². The Labute approximate surface area is 115 Å². The number of likely N-dealkylation sites (N-methyl/N-ethyl adjacent to an activating group) is 1. The van der Waals surface area contributed by atoms with Crippen molar-refractivity contribution >= 4 is 29.2 Å². The van der Waals surface area contributed by atoms with Crippen LogP contribution >= 0.6 is 11.6 Å². The Kier molecular flexibility index (Phi) is 5.14. The van der Waals surface area contributed by atoms with Crippen LogP contribution in [0.15, 0.2) is 18.2 Å². The van der Waals surface area contributed by atoms with Gasteiger partial charge in [-0.05, 0) is 23.8 Å². The summed E-state index contributed by atoms with van der Waals surface area (Å²) < 4.78 is 0. The molecule has 0 fully saturated rings.